The maximum absolute atomic E-state index is 12.8. The van der Waals surface area contributed by atoms with Gasteiger partial charge in [-0.25, -0.2) is 0 Å². The van der Waals surface area contributed by atoms with Crippen LogP contribution in [-0.2, 0) is 10.2 Å². The van der Waals surface area contributed by atoms with Crippen molar-refractivity contribution < 1.29 is 14.7 Å². The van der Waals surface area contributed by atoms with Gasteiger partial charge in [-0.2, -0.15) is 0 Å². The van der Waals surface area contributed by atoms with Gasteiger partial charge >= 0.3 is 5.97 Å². The van der Waals surface area contributed by atoms with Crippen LogP contribution in [-0.4, -0.2) is 35.0 Å². The molecule has 1 saturated heterocycles. The highest BCUT2D eigenvalue weighted by Crippen LogP contribution is 2.28. The molecule has 1 aromatic rings. The fourth-order valence-corrected chi connectivity index (χ4v) is 3.08. The van der Waals surface area contributed by atoms with Gasteiger partial charge in [-0.3, -0.25) is 9.59 Å². The van der Waals surface area contributed by atoms with E-state index in [2.05, 4.69) is 20.8 Å². The summed E-state index contributed by atoms with van der Waals surface area (Å²) in [4.78, 5) is 25.4. The summed E-state index contributed by atoms with van der Waals surface area (Å²) in [6.07, 6.45) is 1.76. The minimum Gasteiger partial charge on any atom is -0.481 e. The summed E-state index contributed by atoms with van der Waals surface area (Å²) in [5.74, 6) is -0.485. The first-order chi connectivity index (χ1) is 10.3. The second kappa shape index (κ2) is 6.51. The lowest BCUT2D eigenvalue weighted by molar-refractivity contribution is -0.138. The van der Waals surface area contributed by atoms with Gasteiger partial charge in [0.25, 0.3) is 5.91 Å². The second-order valence-electron chi connectivity index (χ2n) is 7.13. The molecule has 120 valence electrons. The van der Waals surface area contributed by atoms with Crippen molar-refractivity contribution in [1.82, 2.24) is 4.90 Å². The maximum Gasteiger partial charge on any atom is 0.303 e. The minimum absolute atomic E-state index is 0.0688. The SMILES string of the molecule is CC(C)(C)c1ccccc1C(=O)N1CCC(CC(=O)O)CC1. The number of rotatable bonds is 3. The fourth-order valence-electron chi connectivity index (χ4n) is 3.08. The van der Waals surface area contributed by atoms with E-state index in [9.17, 15) is 9.59 Å². The summed E-state index contributed by atoms with van der Waals surface area (Å²) in [7, 11) is 0. The van der Waals surface area contributed by atoms with Gasteiger partial charge in [0.05, 0.1) is 0 Å². The maximum atomic E-state index is 12.8. The topological polar surface area (TPSA) is 57.6 Å². The Labute approximate surface area is 132 Å². The zero-order valence-electron chi connectivity index (χ0n) is 13.6. The van der Waals surface area contributed by atoms with Crippen molar-refractivity contribution in [3.8, 4) is 0 Å². The van der Waals surface area contributed by atoms with Crippen molar-refractivity contribution in [3.05, 3.63) is 35.4 Å². The standard InChI is InChI=1S/C18H25NO3/c1-18(2,3)15-7-5-4-6-14(15)17(22)19-10-8-13(9-11-19)12-16(20)21/h4-7,13H,8-12H2,1-3H3,(H,20,21). The van der Waals surface area contributed by atoms with Crippen molar-refractivity contribution >= 4 is 11.9 Å². The quantitative estimate of drug-likeness (QED) is 0.932. The van der Waals surface area contributed by atoms with Crippen LogP contribution in [0.4, 0.5) is 0 Å². The lowest BCUT2D eigenvalue weighted by Gasteiger charge is -2.33. The molecule has 1 amide bonds. The third kappa shape index (κ3) is 3.87. The molecule has 2 rings (SSSR count). The van der Waals surface area contributed by atoms with Crippen molar-refractivity contribution in [1.29, 1.82) is 0 Å². The molecular formula is C18H25NO3. The van der Waals surface area contributed by atoms with Crippen LogP contribution < -0.4 is 0 Å². The summed E-state index contributed by atoms with van der Waals surface area (Å²) in [6.45, 7) is 7.62. The zero-order valence-corrected chi connectivity index (χ0v) is 13.6. The minimum atomic E-state index is -0.747. The number of nitrogens with zero attached hydrogens (tertiary/aromatic N) is 1. The van der Waals surface area contributed by atoms with Crippen molar-refractivity contribution in [2.75, 3.05) is 13.1 Å². The Balaban J connectivity index is 2.09. The molecule has 1 aliphatic heterocycles. The number of piperidine rings is 1. The van der Waals surface area contributed by atoms with Gasteiger partial charge in [0, 0.05) is 25.1 Å². The van der Waals surface area contributed by atoms with Gasteiger partial charge in [-0.1, -0.05) is 39.0 Å². The van der Waals surface area contributed by atoms with E-state index < -0.39 is 5.97 Å². The molecule has 1 fully saturated rings. The van der Waals surface area contributed by atoms with Crippen LogP contribution in [0.25, 0.3) is 0 Å². The zero-order chi connectivity index (χ0) is 16.3. The van der Waals surface area contributed by atoms with Crippen LogP contribution in [0.2, 0.25) is 0 Å². The van der Waals surface area contributed by atoms with E-state index in [4.69, 9.17) is 5.11 Å². The Bertz CT molecular complexity index is 552. The van der Waals surface area contributed by atoms with Gasteiger partial charge in [0.15, 0.2) is 0 Å². The molecule has 0 radical (unpaired) electrons. The van der Waals surface area contributed by atoms with Gasteiger partial charge in [-0.15, -0.1) is 0 Å². The fraction of sp³-hybridized carbons (Fsp3) is 0.556. The Morgan fingerprint density at radius 1 is 1.18 bits per heavy atom. The molecule has 1 aliphatic rings. The van der Waals surface area contributed by atoms with E-state index in [-0.39, 0.29) is 23.7 Å². The number of amides is 1. The molecule has 1 N–H and O–H groups in total. The van der Waals surface area contributed by atoms with Crippen LogP contribution in [0.3, 0.4) is 0 Å². The molecule has 0 spiro atoms. The largest absolute Gasteiger partial charge is 0.481 e. The summed E-state index contributed by atoms with van der Waals surface area (Å²) in [6, 6.07) is 7.78. The molecule has 4 heteroatoms. The average molecular weight is 303 g/mol. The van der Waals surface area contributed by atoms with Crippen molar-refractivity contribution in [3.63, 3.8) is 0 Å². The normalized spacial score (nSPS) is 16.6. The van der Waals surface area contributed by atoms with E-state index in [1.165, 1.54) is 0 Å². The second-order valence-corrected chi connectivity index (χ2v) is 7.13. The smallest absolute Gasteiger partial charge is 0.303 e. The summed E-state index contributed by atoms with van der Waals surface area (Å²) >= 11 is 0. The highest BCUT2D eigenvalue weighted by molar-refractivity contribution is 5.96. The molecule has 0 atom stereocenters. The first-order valence-corrected chi connectivity index (χ1v) is 7.89. The number of likely N-dealkylation sites (tertiary alicyclic amines) is 1. The van der Waals surface area contributed by atoms with E-state index in [1.54, 1.807) is 0 Å². The number of hydrogen-bond donors (Lipinski definition) is 1. The van der Waals surface area contributed by atoms with Gasteiger partial charge in [0.2, 0.25) is 0 Å². The summed E-state index contributed by atoms with van der Waals surface area (Å²) in [5.41, 5.74) is 1.76. The van der Waals surface area contributed by atoms with E-state index in [1.807, 2.05) is 29.2 Å². The predicted octanol–water partition coefficient (Wildman–Crippen LogP) is 3.31. The van der Waals surface area contributed by atoms with E-state index in [0.29, 0.717) is 13.1 Å². The third-order valence-corrected chi connectivity index (χ3v) is 4.33. The van der Waals surface area contributed by atoms with Gasteiger partial charge in [-0.05, 0) is 35.8 Å². The summed E-state index contributed by atoms with van der Waals surface area (Å²) < 4.78 is 0. The van der Waals surface area contributed by atoms with E-state index >= 15 is 0 Å². The average Bonchev–Trinajstić information content (AvgIpc) is 2.46. The number of carbonyl (C=O) groups excluding carboxylic acids is 1. The lowest BCUT2D eigenvalue weighted by atomic mass is 9.83. The van der Waals surface area contributed by atoms with Crippen LogP contribution in [0, 0.1) is 5.92 Å². The number of aliphatic carboxylic acids is 1. The predicted molar refractivity (Wildman–Crippen MR) is 86.0 cm³/mol. The monoisotopic (exact) mass is 303 g/mol. The molecule has 1 aromatic carbocycles. The Hall–Kier alpha value is -1.84. The molecule has 0 saturated carbocycles. The number of benzene rings is 1. The van der Waals surface area contributed by atoms with Crippen molar-refractivity contribution in [2.24, 2.45) is 5.92 Å². The molecule has 4 nitrogen and oxygen atoms in total. The molecule has 0 unspecified atom stereocenters. The number of carbonyl (C=O) groups is 2. The Morgan fingerprint density at radius 2 is 1.77 bits per heavy atom. The molecule has 22 heavy (non-hydrogen) atoms. The highest BCUT2D eigenvalue weighted by Gasteiger charge is 2.28. The molecule has 1 heterocycles. The van der Waals surface area contributed by atoms with Crippen molar-refractivity contribution in [2.45, 2.75) is 45.4 Å². The Kier molecular flexibility index (Phi) is 4.89. The van der Waals surface area contributed by atoms with Crippen LogP contribution in [0.1, 0.15) is 56.0 Å². The van der Waals surface area contributed by atoms with Crippen LogP contribution in [0.5, 0.6) is 0 Å². The van der Waals surface area contributed by atoms with Crippen LogP contribution in [0.15, 0.2) is 24.3 Å². The summed E-state index contributed by atoms with van der Waals surface area (Å²) in [5, 5.41) is 8.86. The van der Waals surface area contributed by atoms with Gasteiger partial charge in [0.1, 0.15) is 0 Å². The van der Waals surface area contributed by atoms with Crippen LogP contribution >= 0.6 is 0 Å². The first-order valence-electron chi connectivity index (χ1n) is 7.89. The molecule has 0 bridgehead atoms. The first kappa shape index (κ1) is 16.5. The number of hydrogen-bond acceptors (Lipinski definition) is 2. The molecule has 0 aliphatic carbocycles. The third-order valence-electron chi connectivity index (χ3n) is 4.33. The lowest BCUT2D eigenvalue weighted by Crippen LogP contribution is -2.39. The van der Waals surface area contributed by atoms with E-state index in [0.717, 1.165) is 24.0 Å². The van der Waals surface area contributed by atoms with Gasteiger partial charge < -0.3 is 10.0 Å². The Morgan fingerprint density at radius 3 is 2.32 bits per heavy atom. The molecular weight excluding hydrogens is 278 g/mol. The number of carboxylic acid groups (broad SMARTS) is 1. The number of carboxylic acids is 1. The molecule has 0 aromatic heterocycles. The highest BCUT2D eigenvalue weighted by atomic mass is 16.4.